The van der Waals surface area contributed by atoms with E-state index in [2.05, 4.69) is 4.74 Å². The van der Waals surface area contributed by atoms with Gasteiger partial charge in [0.15, 0.2) is 5.79 Å². The maximum atomic E-state index is 11.4. The Morgan fingerprint density at radius 2 is 1.80 bits per heavy atom. The second-order valence-electron chi connectivity index (χ2n) is 5.36. The molecule has 0 aromatic heterocycles. The summed E-state index contributed by atoms with van der Waals surface area (Å²) in [5, 5.41) is 0. The van der Waals surface area contributed by atoms with Crippen LogP contribution in [0.2, 0.25) is 0 Å². The number of carbonyl (C=O) groups is 1. The van der Waals surface area contributed by atoms with Crippen LogP contribution in [-0.4, -0.2) is 32.1 Å². The summed E-state index contributed by atoms with van der Waals surface area (Å²) >= 11 is 0. The number of carbonyl (C=O) groups excluding carboxylic acids is 1. The number of ether oxygens (including phenoxy) is 3. The lowest BCUT2D eigenvalue weighted by Crippen LogP contribution is -2.48. The molecule has 0 N–H and O–H groups in total. The molecule has 0 aliphatic carbocycles. The zero-order chi connectivity index (χ0) is 14.6. The lowest BCUT2D eigenvalue weighted by atomic mass is 9.80. The van der Waals surface area contributed by atoms with E-state index in [9.17, 15) is 4.79 Å². The molecule has 4 nitrogen and oxygen atoms in total. The number of rotatable bonds is 3. The van der Waals surface area contributed by atoms with Gasteiger partial charge >= 0.3 is 5.97 Å². The molecule has 1 aromatic carbocycles. The quantitative estimate of drug-likeness (QED) is 0.628. The van der Waals surface area contributed by atoms with Gasteiger partial charge in [0.25, 0.3) is 0 Å². The van der Waals surface area contributed by atoms with Crippen molar-refractivity contribution in [2.45, 2.75) is 25.0 Å². The minimum atomic E-state index is -0.600. The van der Waals surface area contributed by atoms with Gasteiger partial charge in [0.2, 0.25) is 0 Å². The van der Waals surface area contributed by atoms with Gasteiger partial charge in [0.05, 0.1) is 25.7 Å². The number of hydrogen-bond donors (Lipinski definition) is 0. The van der Waals surface area contributed by atoms with Crippen molar-refractivity contribution in [1.82, 2.24) is 0 Å². The molecule has 0 amide bonds. The Balaban J connectivity index is 2.30. The van der Waals surface area contributed by atoms with Crippen LogP contribution in [-0.2, 0) is 24.4 Å². The number of benzene rings is 1. The Bertz CT molecular complexity index is 480. The van der Waals surface area contributed by atoms with Crippen molar-refractivity contribution < 1.29 is 19.0 Å². The molecule has 1 aliphatic heterocycles. The molecule has 0 unspecified atom stereocenters. The van der Waals surface area contributed by atoms with E-state index < -0.39 is 11.2 Å². The molecule has 0 bridgehead atoms. The molecule has 1 saturated heterocycles. The van der Waals surface area contributed by atoms with Gasteiger partial charge in [0, 0.05) is 6.08 Å². The average Bonchev–Trinajstić information content (AvgIpc) is 2.47. The third-order valence-electron chi connectivity index (χ3n) is 3.44. The summed E-state index contributed by atoms with van der Waals surface area (Å²) in [7, 11) is 1.36. The van der Waals surface area contributed by atoms with Gasteiger partial charge < -0.3 is 14.2 Å². The van der Waals surface area contributed by atoms with Crippen molar-refractivity contribution >= 4 is 5.97 Å². The largest absolute Gasteiger partial charge is 0.466 e. The molecular weight excluding hydrogens is 256 g/mol. The SMILES string of the molecule is COC(=O)/C=C\C1(c2ccccc2)COC(C)(C)OC1. The Kier molecular flexibility index (Phi) is 4.26. The summed E-state index contributed by atoms with van der Waals surface area (Å²) in [6.45, 7) is 4.67. The van der Waals surface area contributed by atoms with E-state index in [1.807, 2.05) is 50.3 Å². The predicted molar refractivity (Wildman–Crippen MR) is 75.3 cm³/mol. The van der Waals surface area contributed by atoms with Crippen molar-refractivity contribution in [3.8, 4) is 0 Å². The molecular formula is C16H20O4. The van der Waals surface area contributed by atoms with Crippen molar-refractivity contribution in [3.05, 3.63) is 48.0 Å². The van der Waals surface area contributed by atoms with Crippen LogP contribution in [0.5, 0.6) is 0 Å². The molecule has 0 spiro atoms. The fourth-order valence-electron chi connectivity index (χ4n) is 2.11. The molecule has 0 saturated carbocycles. The van der Waals surface area contributed by atoms with Crippen LogP contribution in [0.4, 0.5) is 0 Å². The molecule has 108 valence electrons. The maximum absolute atomic E-state index is 11.4. The number of methoxy groups -OCH3 is 1. The van der Waals surface area contributed by atoms with E-state index in [-0.39, 0.29) is 5.97 Å². The third-order valence-corrected chi connectivity index (χ3v) is 3.44. The second kappa shape index (κ2) is 5.77. The van der Waals surface area contributed by atoms with E-state index >= 15 is 0 Å². The number of hydrogen-bond acceptors (Lipinski definition) is 4. The molecule has 1 aliphatic rings. The van der Waals surface area contributed by atoms with Crippen LogP contribution in [0, 0.1) is 0 Å². The summed E-state index contributed by atoms with van der Waals surface area (Å²) in [5.41, 5.74) is 0.584. The Labute approximate surface area is 119 Å². The van der Waals surface area contributed by atoms with E-state index in [0.717, 1.165) is 5.56 Å². The van der Waals surface area contributed by atoms with Crippen molar-refractivity contribution in [1.29, 1.82) is 0 Å². The zero-order valence-electron chi connectivity index (χ0n) is 12.1. The summed E-state index contributed by atoms with van der Waals surface area (Å²) in [6, 6.07) is 9.89. The summed E-state index contributed by atoms with van der Waals surface area (Å²) in [4.78, 5) is 11.4. The number of esters is 1. The topological polar surface area (TPSA) is 44.8 Å². The first-order chi connectivity index (χ1) is 9.47. The molecule has 4 heteroatoms. The molecule has 20 heavy (non-hydrogen) atoms. The van der Waals surface area contributed by atoms with Crippen molar-refractivity contribution in [2.24, 2.45) is 0 Å². The maximum Gasteiger partial charge on any atom is 0.330 e. The van der Waals surface area contributed by atoms with Gasteiger partial charge in [-0.15, -0.1) is 0 Å². The molecule has 1 fully saturated rings. The van der Waals surface area contributed by atoms with Gasteiger partial charge in [-0.3, -0.25) is 0 Å². The van der Waals surface area contributed by atoms with Gasteiger partial charge in [-0.05, 0) is 19.4 Å². The normalized spacial score (nSPS) is 20.8. The highest BCUT2D eigenvalue weighted by Gasteiger charge is 2.39. The van der Waals surface area contributed by atoms with Gasteiger partial charge in [0.1, 0.15) is 0 Å². The first kappa shape index (κ1) is 14.8. The molecule has 1 aromatic rings. The van der Waals surface area contributed by atoms with Crippen LogP contribution in [0.3, 0.4) is 0 Å². The third kappa shape index (κ3) is 3.26. The molecule has 1 heterocycles. The Hall–Kier alpha value is -1.65. The van der Waals surface area contributed by atoms with E-state index in [1.54, 1.807) is 0 Å². The van der Waals surface area contributed by atoms with Gasteiger partial charge in [-0.1, -0.05) is 36.4 Å². The van der Waals surface area contributed by atoms with Crippen LogP contribution < -0.4 is 0 Å². The summed E-state index contributed by atoms with van der Waals surface area (Å²) in [6.07, 6.45) is 3.24. The summed E-state index contributed by atoms with van der Waals surface area (Å²) in [5.74, 6) is -0.984. The minimum absolute atomic E-state index is 0.384. The Morgan fingerprint density at radius 3 is 2.35 bits per heavy atom. The highest BCUT2D eigenvalue weighted by molar-refractivity contribution is 5.82. The zero-order valence-corrected chi connectivity index (χ0v) is 12.1. The highest BCUT2D eigenvalue weighted by atomic mass is 16.7. The van der Waals surface area contributed by atoms with Crippen LogP contribution in [0.1, 0.15) is 19.4 Å². The molecule has 0 atom stereocenters. The van der Waals surface area contributed by atoms with Crippen LogP contribution >= 0.6 is 0 Å². The predicted octanol–water partition coefficient (Wildman–Crippen LogP) is 2.44. The monoisotopic (exact) mass is 276 g/mol. The Morgan fingerprint density at radius 1 is 1.20 bits per heavy atom. The minimum Gasteiger partial charge on any atom is -0.466 e. The van der Waals surface area contributed by atoms with E-state index in [0.29, 0.717) is 13.2 Å². The van der Waals surface area contributed by atoms with Crippen molar-refractivity contribution in [2.75, 3.05) is 20.3 Å². The van der Waals surface area contributed by atoms with Gasteiger partial charge in [-0.25, -0.2) is 4.79 Å². The van der Waals surface area contributed by atoms with E-state index in [4.69, 9.17) is 9.47 Å². The van der Waals surface area contributed by atoms with Crippen molar-refractivity contribution in [3.63, 3.8) is 0 Å². The lowest BCUT2D eigenvalue weighted by Gasteiger charge is -2.42. The smallest absolute Gasteiger partial charge is 0.330 e. The fraction of sp³-hybridized carbons (Fsp3) is 0.438. The summed E-state index contributed by atoms with van der Waals surface area (Å²) < 4.78 is 16.2. The van der Waals surface area contributed by atoms with Gasteiger partial charge in [-0.2, -0.15) is 0 Å². The van der Waals surface area contributed by atoms with Crippen LogP contribution in [0.25, 0.3) is 0 Å². The molecule has 0 radical (unpaired) electrons. The van der Waals surface area contributed by atoms with E-state index in [1.165, 1.54) is 13.2 Å². The standard InChI is InChI=1S/C16H20O4/c1-15(2)19-11-16(12-20-15,10-9-14(17)18-3)13-7-5-4-6-8-13/h4-10H,11-12H2,1-3H3/b10-9-. The lowest BCUT2D eigenvalue weighted by molar-refractivity contribution is -0.262. The average molecular weight is 276 g/mol. The first-order valence-corrected chi connectivity index (χ1v) is 6.58. The van der Waals surface area contributed by atoms with Crippen LogP contribution in [0.15, 0.2) is 42.5 Å². The molecule has 2 rings (SSSR count). The first-order valence-electron chi connectivity index (χ1n) is 6.58. The second-order valence-corrected chi connectivity index (χ2v) is 5.36. The highest BCUT2D eigenvalue weighted by Crippen LogP contribution is 2.34. The fourth-order valence-corrected chi connectivity index (χ4v) is 2.11.